The predicted molar refractivity (Wildman–Crippen MR) is 82.4 cm³/mol. The van der Waals surface area contributed by atoms with E-state index in [2.05, 4.69) is 18.8 Å². The van der Waals surface area contributed by atoms with Gasteiger partial charge in [0.25, 0.3) is 0 Å². The van der Waals surface area contributed by atoms with Crippen LogP contribution in [0.4, 0.5) is 0 Å². The van der Waals surface area contributed by atoms with Crippen LogP contribution in [-0.4, -0.2) is 23.0 Å². The second-order valence-corrected chi connectivity index (χ2v) is 6.60. The van der Waals surface area contributed by atoms with Gasteiger partial charge in [-0.1, -0.05) is 32.8 Å². The van der Waals surface area contributed by atoms with Crippen molar-refractivity contribution in [3.8, 4) is 0 Å². The number of para-hydroxylation sites is 1. The van der Waals surface area contributed by atoms with Crippen LogP contribution in [0.1, 0.15) is 61.6 Å². The zero-order valence-corrected chi connectivity index (χ0v) is 12.9. The maximum atomic E-state index is 11.9. The maximum absolute atomic E-state index is 11.9. The summed E-state index contributed by atoms with van der Waals surface area (Å²) in [6, 6.07) is 5.60. The van der Waals surface area contributed by atoms with Gasteiger partial charge in [0.2, 0.25) is 0 Å². The van der Waals surface area contributed by atoms with Crippen molar-refractivity contribution in [2.24, 2.45) is 5.41 Å². The summed E-state index contributed by atoms with van der Waals surface area (Å²) >= 11 is 0. The van der Waals surface area contributed by atoms with Gasteiger partial charge < -0.3 is 9.72 Å². The molecule has 1 heterocycles. The van der Waals surface area contributed by atoms with Crippen molar-refractivity contribution in [1.29, 1.82) is 0 Å². The molecule has 3 rings (SSSR count). The third-order valence-electron chi connectivity index (χ3n) is 4.77. The second-order valence-electron chi connectivity index (χ2n) is 6.60. The SMILES string of the molecule is COC(=O)c1cccc2[nH]c(C3CCCCC3(C)C)nc12. The number of hydrogen-bond donors (Lipinski definition) is 1. The third-order valence-corrected chi connectivity index (χ3v) is 4.77. The molecule has 1 atom stereocenters. The first kappa shape index (κ1) is 14.1. The number of H-pyrrole nitrogens is 1. The van der Waals surface area contributed by atoms with Crippen LogP contribution < -0.4 is 0 Å². The minimum Gasteiger partial charge on any atom is -0.465 e. The highest BCUT2D eigenvalue weighted by Crippen LogP contribution is 2.46. The fourth-order valence-corrected chi connectivity index (χ4v) is 3.49. The van der Waals surface area contributed by atoms with E-state index < -0.39 is 0 Å². The Hall–Kier alpha value is -1.84. The largest absolute Gasteiger partial charge is 0.465 e. The molecule has 0 spiro atoms. The fourth-order valence-electron chi connectivity index (χ4n) is 3.49. The summed E-state index contributed by atoms with van der Waals surface area (Å²) < 4.78 is 4.85. The van der Waals surface area contributed by atoms with E-state index in [1.807, 2.05) is 12.1 Å². The molecule has 112 valence electrons. The minimum atomic E-state index is -0.332. The second kappa shape index (κ2) is 5.17. The molecule has 1 N–H and O–H groups in total. The predicted octanol–water partition coefficient (Wildman–Crippen LogP) is 4.03. The molecule has 1 aromatic carbocycles. The van der Waals surface area contributed by atoms with Crippen LogP contribution >= 0.6 is 0 Å². The molecule has 0 aliphatic heterocycles. The highest BCUT2D eigenvalue weighted by molar-refractivity contribution is 6.01. The molecule has 1 aliphatic carbocycles. The van der Waals surface area contributed by atoms with Crippen molar-refractivity contribution in [2.45, 2.75) is 45.4 Å². The molecule has 0 amide bonds. The third kappa shape index (κ3) is 2.43. The number of aromatic nitrogens is 2. The Balaban J connectivity index is 2.07. The monoisotopic (exact) mass is 286 g/mol. The Morgan fingerprint density at radius 1 is 1.38 bits per heavy atom. The molecule has 1 aromatic heterocycles. The maximum Gasteiger partial charge on any atom is 0.340 e. The van der Waals surface area contributed by atoms with Gasteiger partial charge in [-0.15, -0.1) is 0 Å². The molecular formula is C17H22N2O2. The quantitative estimate of drug-likeness (QED) is 0.848. The van der Waals surface area contributed by atoms with Gasteiger partial charge in [0.15, 0.2) is 0 Å². The number of aromatic amines is 1. The van der Waals surface area contributed by atoms with Gasteiger partial charge >= 0.3 is 5.97 Å². The summed E-state index contributed by atoms with van der Waals surface area (Å²) in [6.07, 6.45) is 4.91. The number of imidazole rings is 1. The van der Waals surface area contributed by atoms with Gasteiger partial charge in [-0.2, -0.15) is 0 Å². The van der Waals surface area contributed by atoms with Crippen LogP contribution in [0.25, 0.3) is 11.0 Å². The first-order valence-electron chi connectivity index (χ1n) is 7.60. The van der Waals surface area contributed by atoms with E-state index in [9.17, 15) is 4.79 Å². The summed E-state index contributed by atoms with van der Waals surface area (Å²) in [5, 5.41) is 0. The van der Waals surface area contributed by atoms with E-state index in [1.54, 1.807) is 6.07 Å². The number of esters is 1. The highest BCUT2D eigenvalue weighted by atomic mass is 16.5. The lowest BCUT2D eigenvalue weighted by Crippen LogP contribution is -2.26. The summed E-state index contributed by atoms with van der Waals surface area (Å²) in [4.78, 5) is 20.0. The molecule has 0 radical (unpaired) electrons. The summed E-state index contributed by atoms with van der Waals surface area (Å²) in [5.41, 5.74) is 2.42. The van der Waals surface area contributed by atoms with E-state index in [-0.39, 0.29) is 11.4 Å². The van der Waals surface area contributed by atoms with Crippen molar-refractivity contribution < 1.29 is 9.53 Å². The van der Waals surface area contributed by atoms with Gasteiger partial charge in [-0.3, -0.25) is 0 Å². The molecular weight excluding hydrogens is 264 g/mol. The highest BCUT2D eigenvalue weighted by Gasteiger charge is 2.35. The number of ether oxygens (including phenoxy) is 1. The number of rotatable bonds is 2. The number of carbonyl (C=O) groups excluding carboxylic acids is 1. The summed E-state index contributed by atoms with van der Waals surface area (Å²) in [6.45, 7) is 4.62. The lowest BCUT2D eigenvalue weighted by molar-refractivity contribution is 0.0603. The van der Waals surface area contributed by atoms with Gasteiger partial charge in [-0.25, -0.2) is 9.78 Å². The van der Waals surface area contributed by atoms with Crippen LogP contribution in [0.15, 0.2) is 18.2 Å². The Morgan fingerprint density at radius 2 is 2.19 bits per heavy atom. The van der Waals surface area contributed by atoms with Crippen molar-refractivity contribution >= 4 is 17.0 Å². The topological polar surface area (TPSA) is 55.0 Å². The van der Waals surface area contributed by atoms with E-state index >= 15 is 0 Å². The van der Waals surface area contributed by atoms with Gasteiger partial charge in [0.1, 0.15) is 11.3 Å². The number of fused-ring (bicyclic) bond motifs is 1. The van der Waals surface area contributed by atoms with Gasteiger partial charge in [-0.05, 0) is 30.4 Å². The van der Waals surface area contributed by atoms with Crippen LogP contribution in [0.3, 0.4) is 0 Å². The van der Waals surface area contributed by atoms with E-state index in [0.29, 0.717) is 11.5 Å². The van der Waals surface area contributed by atoms with Crippen molar-refractivity contribution in [2.75, 3.05) is 7.11 Å². The molecule has 4 nitrogen and oxygen atoms in total. The first-order valence-corrected chi connectivity index (χ1v) is 7.60. The number of hydrogen-bond acceptors (Lipinski definition) is 3. The Morgan fingerprint density at radius 3 is 2.90 bits per heavy atom. The zero-order chi connectivity index (χ0) is 15.0. The Kier molecular flexibility index (Phi) is 3.47. The molecule has 1 unspecified atom stereocenters. The fraction of sp³-hybridized carbons (Fsp3) is 0.529. The van der Waals surface area contributed by atoms with E-state index in [4.69, 9.17) is 9.72 Å². The molecule has 1 saturated carbocycles. The van der Waals surface area contributed by atoms with Crippen molar-refractivity contribution in [3.63, 3.8) is 0 Å². The molecule has 1 fully saturated rings. The Labute approximate surface area is 124 Å². The van der Waals surface area contributed by atoms with Crippen molar-refractivity contribution in [1.82, 2.24) is 9.97 Å². The standard InChI is InChI=1S/C17H22N2O2/c1-17(2)10-5-4-8-12(17)15-18-13-9-6-7-11(14(13)19-15)16(20)21-3/h6-7,9,12H,4-5,8,10H2,1-3H3,(H,18,19). The molecule has 4 heteroatoms. The number of nitrogens with zero attached hydrogens (tertiary/aromatic N) is 1. The summed E-state index contributed by atoms with van der Waals surface area (Å²) in [5.74, 6) is 1.09. The number of nitrogens with one attached hydrogen (secondary N) is 1. The van der Waals surface area contributed by atoms with Crippen molar-refractivity contribution in [3.05, 3.63) is 29.6 Å². The molecule has 0 bridgehead atoms. The van der Waals surface area contributed by atoms with E-state index in [1.165, 1.54) is 26.4 Å². The lowest BCUT2D eigenvalue weighted by atomic mass is 9.68. The number of benzene rings is 1. The number of carbonyl (C=O) groups is 1. The summed E-state index contributed by atoms with van der Waals surface area (Å²) in [7, 11) is 1.40. The number of methoxy groups -OCH3 is 1. The van der Waals surface area contributed by atoms with Gasteiger partial charge in [0, 0.05) is 5.92 Å². The van der Waals surface area contributed by atoms with Gasteiger partial charge in [0.05, 0.1) is 18.2 Å². The van der Waals surface area contributed by atoms with Crippen LogP contribution in [-0.2, 0) is 4.74 Å². The first-order chi connectivity index (χ1) is 10.0. The normalized spacial score (nSPS) is 21.4. The smallest absolute Gasteiger partial charge is 0.340 e. The van der Waals surface area contributed by atoms with Crippen LogP contribution in [0.5, 0.6) is 0 Å². The van der Waals surface area contributed by atoms with Crippen LogP contribution in [0.2, 0.25) is 0 Å². The Bertz CT molecular complexity index is 672. The molecule has 1 aliphatic rings. The molecule has 21 heavy (non-hydrogen) atoms. The lowest BCUT2D eigenvalue weighted by Gasteiger charge is -2.37. The zero-order valence-electron chi connectivity index (χ0n) is 12.9. The average Bonchev–Trinajstić information content (AvgIpc) is 2.89. The molecule has 2 aromatic rings. The minimum absolute atomic E-state index is 0.248. The average molecular weight is 286 g/mol. The van der Waals surface area contributed by atoms with E-state index in [0.717, 1.165) is 23.3 Å². The van der Waals surface area contributed by atoms with Crippen LogP contribution in [0, 0.1) is 5.41 Å². The molecule has 0 saturated heterocycles.